The van der Waals surface area contributed by atoms with E-state index < -0.39 is 0 Å². The monoisotopic (exact) mass is 532 g/mol. The van der Waals surface area contributed by atoms with Crippen molar-refractivity contribution in [1.82, 2.24) is 4.57 Å². The number of carbonyl (C=O) groups excluding carboxylic acids is 3. The topological polar surface area (TPSA) is 59.4 Å². The van der Waals surface area contributed by atoms with E-state index in [0.29, 0.717) is 35.2 Å². The summed E-state index contributed by atoms with van der Waals surface area (Å²) in [5.74, 6) is 0.822. The summed E-state index contributed by atoms with van der Waals surface area (Å²) in [5.41, 5.74) is 5.47. The second-order valence-electron chi connectivity index (χ2n) is 10.8. The molecule has 5 nitrogen and oxygen atoms in total. The molecular formula is C35H36N2O3. The standard InChI is InChI=1S/C35H36N2O3/c1-3-36-20-4-5-32(36)34(39)24-27-8-12-30(13-9-27)35(40)29-10-6-26(7-11-29)23-33(38)28-14-16-31(17-15-28)37-21-18-25(2)19-22-37/h4-17,20,25H,3,18-19,21-24H2,1-2H3. The van der Waals surface area contributed by atoms with Crippen LogP contribution in [0.1, 0.15) is 74.6 Å². The Morgan fingerprint density at radius 3 is 1.77 bits per heavy atom. The van der Waals surface area contributed by atoms with Gasteiger partial charge in [-0.15, -0.1) is 0 Å². The molecule has 4 aromatic rings. The molecule has 0 unspecified atom stereocenters. The van der Waals surface area contributed by atoms with Gasteiger partial charge >= 0.3 is 0 Å². The molecule has 3 aromatic carbocycles. The summed E-state index contributed by atoms with van der Waals surface area (Å²) in [7, 11) is 0. The van der Waals surface area contributed by atoms with E-state index >= 15 is 0 Å². The second-order valence-corrected chi connectivity index (χ2v) is 10.8. The fraction of sp³-hybridized carbons (Fsp3) is 0.286. The van der Waals surface area contributed by atoms with E-state index in [2.05, 4.69) is 24.0 Å². The predicted octanol–water partition coefficient (Wildman–Crippen LogP) is 6.83. The first-order chi connectivity index (χ1) is 19.4. The average Bonchev–Trinajstić information content (AvgIpc) is 3.47. The number of hydrogen-bond acceptors (Lipinski definition) is 4. The highest BCUT2D eigenvalue weighted by Gasteiger charge is 2.17. The van der Waals surface area contributed by atoms with Crippen LogP contribution in [-0.2, 0) is 19.4 Å². The summed E-state index contributed by atoms with van der Waals surface area (Å²) >= 11 is 0. The van der Waals surface area contributed by atoms with Gasteiger partial charge in [0.05, 0.1) is 5.69 Å². The van der Waals surface area contributed by atoms with E-state index in [-0.39, 0.29) is 17.3 Å². The molecule has 0 saturated carbocycles. The zero-order valence-electron chi connectivity index (χ0n) is 23.3. The smallest absolute Gasteiger partial charge is 0.193 e. The van der Waals surface area contributed by atoms with Gasteiger partial charge in [-0.05, 0) is 73.2 Å². The molecule has 1 aliphatic heterocycles. The van der Waals surface area contributed by atoms with Gasteiger partial charge < -0.3 is 9.47 Å². The maximum atomic E-state index is 13.0. The third-order valence-electron chi connectivity index (χ3n) is 7.96. The Kier molecular flexibility index (Phi) is 8.40. The van der Waals surface area contributed by atoms with Crippen LogP contribution in [-0.4, -0.2) is 35.0 Å². The van der Waals surface area contributed by atoms with Gasteiger partial charge in [0.1, 0.15) is 0 Å². The Labute approximate surface area is 236 Å². The Morgan fingerprint density at radius 1 is 0.700 bits per heavy atom. The van der Waals surface area contributed by atoms with Crippen LogP contribution in [0.3, 0.4) is 0 Å². The Morgan fingerprint density at radius 2 is 1.23 bits per heavy atom. The summed E-state index contributed by atoms with van der Waals surface area (Å²) in [6, 6.07) is 26.2. The highest BCUT2D eigenvalue weighted by atomic mass is 16.1. The minimum Gasteiger partial charge on any atom is -0.372 e. The molecule has 5 rings (SSSR count). The molecule has 204 valence electrons. The molecule has 40 heavy (non-hydrogen) atoms. The van der Waals surface area contributed by atoms with Crippen LogP contribution in [0.4, 0.5) is 5.69 Å². The Balaban J connectivity index is 1.17. The maximum absolute atomic E-state index is 13.0. The molecule has 1 aliphatic rings. The zero-order valence-corrected chi connectivity index (χ0v) is 23.3. The third kappa shape index (κ3) is 6.31. The fourth-order valence-corrected chi connectivity index (χ4v) is 5.35. The van der Waals surface area contributed by atoms with Crippen molar-refractivity contribution in [3.05, 3.63) is 125 Å². The minimum atomic E-state index is -0.0849. The fourth-order valence-electron chi connectivity index (χ4n) is 5.35. The summed E-state index contributed by atoms with van der Waals surface area (Å²) in [6.07, 6.45) is 4.91. The molecule has 2 heterocycles. The van der Waals surface area contributed by atoms with Crippen molar-refractivity contribution in [3.63, 3.8) is 0 Å². The van der Waals surface area contributed by atoms with Crippen molar-refractivity contribution >= 4 is 23.0 Å². The molecule has 0 aliphatic carbocycles. The second kappa shape index (κ2) is 12.3. The first-order valence-corrected chi connectivity index (χ1v) is 14.2. The van der Waals surface area contributed by atoms with Crippen molar-refractivity contribution in [2.45, 2.75) is 46.1 Å². The molecule has 0 amide bonds. The molecule has 0 spiro atoms. The minimum absolute atomic E-state index is 0.0590. The summed E-state index contributed by atoms with van der Waals surface area (Å²) in [4.78, 5) is 41.0. The number of rotatable bonds is 10. The van der Waals surface area contributed by atoms with E-state index in [9.17, 15) is 14.4 Å². The first kappa shape index (κ1) is 27.3. The molecular weight excluding hydrogens is 496 g/mol. The Bertz CT molecular complexity index is 1470. The number of benzene rings is 3. The average molecular weight is 533 g/mol. The van der Waals surface area contributed by atoms with Crippen LogP contribution < -0.4 is 4.90 Å². The largest absolute Gasteiger partial charge is 0.372 e. The van der Waals surface area contributed by atoms with Gasteiger partial charge in [-0.25, -0.2) is 0 Å². The molecule has 0 radical (unpaired) electrons. The van der Waals surface area contributed by atoms with E-state index in [1.807, 2.05) is 66.2 Å². The van der Waals surface area contributed by atoms with E-state index in [1.165, 1.54) is 18.5 Å². The molecule has 1 saturated heterocycles. The van der Waals surface area contributed by atoms with Crippen molar-refractivity contribution in [1.29, 1.82) is 0 Å². The normalized spacial score (nSPS) is 13.8. The highest BCUT2D eigenvalue weighted by Crippen LogP contribution is 2.24. The number of nitrogens with zero attached hydrogens (tertiary/aromatic N) is 2. The van der Waals surface area contributed by atoms with Gasteiger partial charge in [-0.1, -0.05) is 55.5 Å². The predicted molar refractivity (Wildman–Crippen MR) is 160 cm³/mol. The van der Waals surface area contributed by atoms with Crippen molar-refractivity contribution < 1.29 is 14.4 Å². The van der Waals surface area contributed by atoms with Gasteiger partial charge in [-0.3, -0.25) is 14.4 Å². The van der Waals surface area contributed by atoms with E-state index in [4.69, 9.17) is 0 Å². The quantitative estimate of drug-likeness (QED) is 0.210. The lowest BCUT2D eigenvalue weighted by Crippen LogP contribution is -2.32. The molecule has 5 heteroatoms. The number of carbonyl (C=O) groups is 3. The van der Waals surface area contributed by atoms with Gasteiger partial charge in [0.25, 0.3) is 0 Å². The first-order valence-electron chi connectivity index (χ1n) is 14.2. The van der Waals surface area contributed by atoms with Crippen LogP contribution in [0.5, 0.6) is 0 Å². The number of aromatic nitrogens is 1. The van der Waals surface area contributed by atoms with Crippen molar-refractivity contribution in [2.75, 3.05) is 18.0 Å². The number of anilines is 1. The molecule has 1 aromatic heterocycles. The number of Topliss-reactive ketones (excluding diaryl/α,β-unsaturated/α-hetero) is 2. The summed E-state index contributed by atoms with van der Waals surface area (Å²) < 4.78 is 1.93. The van der Waals surface area contributed by atoms with Crippen LogP contribution in [0.2, 0.25) is 0 Å². The van der Waals surface area contributed by atoms with Gasteiger partial charge in [0.15, 0.2) is 17.3 Å². The lowest BCUT2D eigenvalue weighted by Gasteiger charge is -2.32. The summed E-state index contributed by atoms with van der Waals surface area (Å²) in [6.45, 7) is 7.20. The van der Waals surface area contributed by atoms with Gasteiger partial charge in [-0.2, -0.15) is 0 Å². The van der Waals surface area contributed by atoms with E-state index in [1.54, 1.807) is 24.3 Å². The zero-order chi connectivity index (χ0) is 28.1. The number of aryl methyl sites for hydroxylation is 1. The lowest BCUT2D eigenvalue weighted by atomic mass is 9.97. The van der Waals surface area contributed by atoms with Crippen LogP contribution >= 0.6 is 0 Å². The lowest BCUT2D eigenvalue weighted by molar-refractivity contribution is 0.0979. The molecule has 0 atom stereocenters. The number of piperidine rings is 1. The van der Waals surface area contributed by atoms with Crippen molar-refractivity contribution in [3.8, 4) is 0 Å². The van der Waals surface area contributed by atoms with Crippen LogP contribution in [0.25, 0.3) is 0 Å². The van der Waals surface area contributed by atoms with Gasteiger partial charge in [0, 0.05) is 61.1 Å². The third-order valence-corrected chi connectivity index (χ3v) is 7.96. The molecule has 1 fully saturated rings. The Hall–Kier alpha value is -4.25. The number of ketones is 3. The SMILES string of the molecule is CCn1cccc1C(=O)Cc1ccc(C(=O)c2ccc(CC(=O)c3ccc(N4CCC(C)CC4)cc3)cc2)cc1. The highest BCUT2D eigenvalue weighted by molar-refractivity contribution is 6.09. The molecule has 0 N–H and O–H groups in total. The molecule has 0 bridgehead atoms. The maximum Gasteiger partial charge on any atom is 0.193 e. The number of hydrogen-bond donors (Lipinski definition) is 0. The van der Waals surface area contributed by atoms with Crippen LogP contribution in [0.15, 0.2) is 91.1 Å². The van der Waals surface area contributed by atoms with Crippen LogP contribution in [0, 0.1) is 5.92 Å². The summed E-state index contributed by atoms with van der Waals surface area (Å²) in [5, 5.41) is 0. The van der Waals surface area contributed by atoms with Gasteiger partial charge in [0.2, 0.25) is 0 Å². The van der Waals surface area contributed by atoms with E-state index in [0.717, 1.165) is 36.7 Å². The van der Waals surface area contributed by atoms with Crippen molar-refractivity contribution in [2.24, 2.45) is 5.92 Å².